The van der Waals surface area contributed by atoms with Crippen molar-refractivity contribution in [2.24, 2.45) is 0 Å². The maximum absolute atomic E-state index is 13.0. The van der Waals surface area contributed by atoms with Crippen molar-refractivity contribution in [3.63, 3.8) is 0 Å². The zero-order valence-electron chi connectivity index (χ0n) is 15.3. The molecule has 0 aromatic heterocycles. The smallest absolute Gasteiger partial charge is 0.321 e. The number of esters is 1. The molecule has 0 saturated carbocycles. The van der Waals surface area contributed by atoms with Crippen LogP contribution < -0.4 is 18.9 Å². The Hall–Kier alpha value is -3.22. The van der Waals surface area contributed by atoms with Crippen LogP contribution in [0, 0.1) is 0 Å². The Labute approximate surface area is 156 Å². The molecule has 142 valence electrons. The minimum Gasteiger partial charge on any atom is -0.497 e. The van der Waals surface area contributed by atoms with E-state index in [1.807, 2.05) is 0 Å². The fourth-order valence-electron chi connectivity index (χ4n) is 3.27. The Morgan fingerprint density at radius 1 is 1.07 bits per heavy atom. The highest BCUT2D eigenvalue weighted by Gasteiger charge is 2.44. The van der Waals surface area contributed by atoms with Crippen LogP contribution in [0.3, 0.4) is 0 Å². The third-order valence-electron chi connectivity index (χ3n) is 4.66. The third-order valence-corrected chi connectivity index (χ3v) is 4.66. The molecule has 0 aliphatic carbocycles. The van der Waals surface area contributed by atoms with Crippen molar-refractivity contribution < 1.29 is 33.3 Å². The predicted molar refractivity (Wildman–Crippen MR) is 95.6 cm³/mol. The van der Waals surface area contributed by atoms with Crippen LogP contribution in [0.5, 0.6) is 23.0 Å². The molecular weight excluding hydrogens is 352 g/mol. The van der Waals surface area contributed by atoms with E-state index in [-0.39, 0.29) is 13.2 Å². The Morgan fingerprint density at radius 3 is 2.41 bits per heavy atom. The van der Waals surface area contributed by atoms with Gasteiger partial charge >= 0.3 is 5.97 Å². The van der Waals surface area contributed by atoms with E-state index in [0.717, 1.165) is 0 Å². The second-order valence-electron chi connectivity index (χ2n) is 5.91. The molecule has 0 saturated heterocycles. The number of benzene rings is 2. The van der Waals surface area contributed by atoms with E-state index in [2.05, 4.69) is 0 Å². The molecule has 2 aromatic rings. The molecule has 1 aliphatic heterocycles. The van der Waals surface area contributed by atoms with Crippen LogP contribution in [0.4, 0.5) is 0 Å². The number of methoxy groups -OCH3 is 3. The van der Waals surface area contributed by atoms with Gasteiger partial charge in [-0.3, -0.25) is 4.79 Å². The maximum Gasteiger partial charge on any atom is 0.321 e. The molecule has 2 aromatic carbocycles. The Kier molecular flexibility index (Phi) is 5.21. The Bertz CT molecular complexity index is 844. The van der Waals surface area contributed by atoms with E-state index in [1.165, 1.54) is 14.2 Å². The van der Waals surface area contributed by atoms with Gasteiger partial charge in [-0.1, -0.05) is 12.1 Å². The highest BCUT2D eigenvalue weighted by atomic mass is 16.7. The first-order valence-electron chi connectivity index (χ1n) is 8.25. The van der Waals surface area contributed by atoms with Gasteiger partial charge in [0.2, 0.25) is 12.5 Å². The van der Waals surface area contributed by atoms with E-state index in [1.54, 1.807) is 43.5 Å². The normalized spacial score (nSPS) is 14.2. The van der Waals surface area contributed by atoms with E-state index in [4.69, 9.17) is 23.7 Å². The highest BCUT2D eigenvalue weighted by Crippen LogP contribution is 2.47. The summed E-state index contributed by atoms with van der Waals surface area (Å²) in [5.74, 6) is 1.37. The molecule has 1 unspecified atom stereocenters. The lowest BCUT2D eigenvalue weighted by molar-refractivity contribution is -0.146. The van der Waals surface area contributed by atoms with Crippen LogP contribution in [-0.2, 0) is 19.7 Å². The summed E-state index contributed by atoms with van der Waals surface area (Å²) in [6.45, 7) is 0.0522. The number of ether oxygens (including phenoxy) is 5. The third kappa shape index (κ3) is 3.05. The summed E-state index contributed by atoms with van der Waals surface area (Å²) < 4.78 is 26.6. The van der Waals surface area contributed by atoms with Crippen molar-refractivity contribution in [3.8, 4) is 23.0 Å². The minimum absolute atomic E-state index is 0.0522. The van der Waals surface area contributed by atoms with Gasteiger partial charge in [0, 0.05) is 6.42 Å². The molecule has 7 nitrogen and oxygen atoms in total. The van der Waals surface area contributed by atoms with Gasteiger partial charge in [-0.2, -0.15) is 0 Å². The van der Waals surface area contributed by atoms with Crippen LogP contribution in [0.2, 0.25) is 0 Å². The zero-order chi connectivity index (χ0) is 19.4. The zero-order valence-corrected chi connectivity index (χ0v) is 15.3. The fourth-order valence-corrected chi connectivity index (χ4v) is 3.27. The van der Waals surface area contributed by atoms with Gasteiger partial charge in [-0.05, 0) is 35.4 Å². The van der Waals surface area contributed by atoms with Crippen molar-refractivity contribution in [1.82, 2.24) is 0 Å². The fraction of sp³-hybridized carbons (Fsp3) is 0.300. The lowest BCUT2D eigenvalue weighted by Gasteiger charge is -2.31. The standard InChI is InChI=1S/C20H20O7/c1-23-15-6-4-13(5-7-15)20(8-9-21,19(22)25-3)14-10-16(24-2)18-17(11-14)26-12-27-18/h4-7,9-11H,8,12H2,1-3H3. The number of rotatable bonds is 7. The van der Waals surface area contributed by atoms with Crippen LogP contribution in [0.15, 0.2) is 36.4 Å². The van der Waals surface area contributed by atoms with Crippen LogP contribution >= 0.6 is 0 Å². The van der Waals surface area contributed by atoms with E-state index in [0.29, 0.717) is 40.4 Å². The number of carbonyl (C=O) groups excluding carboxylic acids is 2. The highest BCUT2D eigenvalue weighted by molar-refractivity contribution is 5.91. The summed E-state index contributed by atoms with van der Waals surface area (Å²) in [7, 11) is 4.33. The minimum atomic E-state index is -1.36. The van der Waals surface area contributed by atoms with Crippen molar-refractivity contribution in [3.05, 3.63) is 47.5 Å². The first kappa shape index (κ1) is 18.6. The number of fused-ring (bicyclic) bond motifs is 1. The second-order valence-corrected chi connectivity index (χ2v) is 5.91. The maximum atomic E-state index is 13.0. The predicted octanol–water partition coefficient (Wildman–Crippen LogP) is 2.48. The van der Waals surface area contributed by atoms with Gasteiger partial charge < -0.3 is 28.5 Å². The van der Waals surface area contributed by atoms with E-state index in [9.17, 15) is 9.59 Å². The first-order chi connectivity index (χ1) is 13.1. The van der Waals surface area contributed by atoms with Gasteiger partial charge in [0.1, 0.15) is 17.5 Å². The lowest BCUT2D eigenvalue weighted by atomic mass is 9.72. The van der Waals surface area contributed by atoms with Gasteiger partial charge in [-0.15, -0.1) is 0 Å². The van der Waals surface area contributed by atoms with Gasteiger partial charge in [0.25, 0.3) is 0 Å². The van der Waals surface area contributed by atoms with Crippen LogP contribution in [0.25, 0.3) is 0 Å². The molecule has 1 aliphatic rings. The Morgan fingerprint density at radius 2 is 1.81 bits per heavy atom. The number of hydrogen-bond acceptors (Lipinski definition) is 7. The number of hydrogen-bond donors (Lipinski definition) is 0. The lowest BCUT2D eigenvalue weighted by Crippen LogP contribution is -2.38. The molecule has 3 rings (SSSR count). The summed E-state index contributed by atoms with van der Waals surface area (Å²) in [4.78, 5) is 24.5. The monoisotopic (exact) mass is 372 g/mol. The molecule has 0 fully saturated rings. The molecule has 0 amide bonds. The van der Waals surface area contributed by atoms with Crippen LogP contribution in [-0.4, -0.2) is 40.4 Å². The number of aldehydes is 1. The summed E-state index contributed by atoms with van der Waals surface area (Å²) in [6, 6.07) is 10.3. The molecule has 1 atom stereocenters. The molecular formula is C20H20O7. The van der Waals surface area contributed by atoms with Gasteiger partial charge in [0.05, 0.1) is 21.3 Å². The molecule has 1 heterocycles. The number of carbonyl (C=O) groups is 2. The molecule has 0 spiro atoms. The molecule has 0 radical (unpaired) electrons. The van der Waals surface area contributed by atoms with Crippen molar-refractivity contribution >= 4 is 12.3 Å². The summed E-state index contributed by atoms with van der Waals surface area (Å²) in [6.07, 6.45) is 0.576. The second kappa shape index (κ2) is 7.57. The topological polar surface area (TPSA) is 80.3 Å². The quantitative estimate of drug-likeness (QED) is 0.546. The largest absolute Gasteiger partial charge is 0.497 e. The summed E-state index contributed by atoms with van der Waals surface area (Å²) in [5.41, 5.74) is -0.271. The Balaban J connectivity index is 2.26. The average Bonchev–Trinajstić information content (AvgIpc) is 3.19. The molecule has 0 bridgehead atoms. The molecule has 27 heavy (non-hydrogen) atoms. The van der Waals surface area contributed by atoms with E-state index < -0.39 is 11.4 Å². The summed E-state index contributed by atoms with van der Waals surface area (Å²) in [5, 5.41) is 0. The SMILES string of the molecule is COC(=O)C(CC=O)(c1ccc(OC)cc1)c1cc(OC)c2c(c1)OCO2. The average molecular weight is 372 g/mol. The van der Waals surface area contributed by atoms with Crippen molar-refractivity contribution in [2.75, 3.05) is 28.1 Å². The van der Waals surface area contributed by atoms with Gasteiger partial charge in [-0.25, -0.2) is 0 Å². The van der Waals surface area contributed by atoms with Gasteiger partial charge in [0.15, 0.2) is 11.5 Å². The van der Waals surface area contributed by atoms with Crippen molar-refractivity contribution in [2.45, 2.75) is 11.8 Å². The van der Waals surface area contributed by atoms with Crippen molar-refractivity contribution in [1.29, 1.82) is 0 Å². The summed E-state index contributed by atoms with van der Waals surface area (Å²) >= 11 is 0. The van der Waals surface area contributed by atoms with Crippen LogP contribution in [0.1, 0.15) is 17.5 Å². The first-order valence-corrected chi connectivity index (χ1v) is 8.25. The van der Waals surface area contributed by atoms with E-state index >= 15 is 0 Å². The molecule has 7 heteroatoms. The molecule has 0 N–H and O–H groups in total.